The Hall–Kier alpha value is -2.03. The molecule has 0 saturated heterocycles. The number of rotatable bonds is 4. The summed E-state index contributed by atoms with van der Waals surface area (Å²) in [4.78, 5) is 0. The standard InChI is InChI=1S/C14H14FNO/c1-17-14-7-3-6-13(9-14)16-10-11-4-2-5-12(15)8-11/h2-9,16H,10H2,1H3. The Labute approximate surface area is 100 Å². The van der Waals surface area contributed by atoms with Crippen molar-refractivity contribution < 1.29 is 9.13 Å². The van der Waals surface area contributed by atoms with E-state index in [2.05, 4.69) is 5.32 Å². The summed E-state index contributed by atoms with van der Waals surface area (Å²) in [6.07, 6.45) is 0. The van der Waals surface area contributed by atoms with Gasteiger partial charge in [0, 0.05) is 18.3 Å². The molecule has 1 N–H and O–H groups in total. The van der Waals surface area contributed by atoms with Gasteiger partial charge in [-0.15, -0.1) is 0 Å². The van der Waals surface area contributed by atoms with Crippen LogP contribution in [0, 0.1) is 5.82 Å². The van der Waals surface area contributed by atoms with Crippen molar-refractivity contribution in [3.8, 4) is 5.75 Å². The van der Waals surface area contributed by atoms with E-state index in [9.17, 15) is 4.39 Å². The summed E-state index contributed by atoms with van der Waals surface area (Å²) in [7, 11) is 1.63. The first-order valence-electron chi connectivity index (χ1n) is 5.40. The maximum Gasteiger partial charge on any atom is 0.123 e. The van der Waals surface area contributed by atoms with Gasteiger partial charge in [0.25, 0.3) is 0 Å². The molecular weight excluding hydrogens is 217 g/mol. The molecule has 2 aromatic carbocycles. The lowest BCUT2D eigenvalue weighted by atomic mass is 10.2. The number of anilines is 1. The summed E-state index contributed by atoms with van der Waals surface area (Å²) >= 11 is 0. The van der Waals surface area contributed by atoms with Gasteiger partial charge in [-0.1, -0.05) is 18.2 Å². The summed E-state index contributed by atoms with van der Waals surface area (Å²) < 4.78 is 18.1. The SMILES string of the molecule is COc1cccc(NCc2cccc(F)c2)c1. The summed E-state index contributed by atoms with van der Waals surface area (Å²) in [5, 5.41) is 3.22. The van der Waals surface area contributed by atoms with E-state index in [0.717, 1.165) is 17.0 Å². The first-order chi connectivity index (χ1) is 8.28. The van der Waals surface area contributed by atoms with Gasteiger partial charge in [-0.25, -0.2) is 4.39 Å². The van der Waals surface area contributed by atoms with Gasteiger partial charge in [0.1, 0.15) is 11.6 Å². The minimum atomic E-state index is -0.213. The normalized spacial score (nSPS) is 10.0. The lowest BCUT2D eigenvalue weighted by Gasteiger charge is -2.08. The van der Waals surface area contributed by atoms with Crippen molar-refractivity contribution in [2.24, 2.45) is 0 Å². The van der Waals surface area contributed by atoms with E-state index in [1.165, 1.54) is 12.1 Å². The van der Waals surface area contributed by atoms with Crippen LogP contribution in [-0.2, 0) is 6.54 Å². The molecular formula is C14H14FNO. The third-order valence-electron chi connectivity index (χ3n) is 2.46. The second-order valence-corrected chi connectivity index (χ2v) is 3.72. The molecule has 2 aromatic rings. The average molecular weight is 231 g/mol. The van der Waals surface area contributed by atoms with E-state index in [4.69, 9.17) is 4.74 Å². The molecule has 0 aliphatic rings. The summed E-state index contributed by atoms with van der Waals surface area (Å²) in [6, 6.07) is 14.2. The molecule has 2 nitrogen and oxygen atoms in total. The molecule has 3 heteroatoms. The number of methoxy groups -OCH3 is 1. The molecule has 0 fully saturated rings. The van der Waals surface area contributed by atoms with Gasteiger partial charge in [0.05, 0.1) is 7.11 Å². The van der Waals surface area contributed by atoms with Crippen LogP contribution in [0.15, 0.2) is 48.5 Å². The van der Waals surface area contributed by atoms with Crippen molar-refractivity contribution in [1.82, 2.24) is 0 Å². The fourth-order valence-corrected chi connectivity index (χ4v) is 1.58. The maximum atomic E-state index is 13.0. The lowest BCUT2D eigenvalue weighted by Crippen LogP contribution is -1.99. The van der Waals surface area contributed by atoms with Gasteiger partial charge in [0.15, 0.2) is 0 Å². The second-order valence-electron chi connectivity index (χ2n) is 3.72. The Bertz CT molecular complexity index is 499. The minimum absolute atomic E-state index is 0.213. The zero-order chi connectivity index (χ0) is 12.1. The predicted octanol–water partition coefficient (Wildman–Crippen LogP) is 3.45. The molecule has 0 radical (unpaired) electrons. The number of nitrogens with one attached hydrogen (secondary N) is 1. The average Bonchev–Trinajstić information content (AvgIpc) is 2.37. The first kappa shape index (κ1) is 11.5. The van der Waals surface area contributed by atoms with E-state index >= 15 is 0 Å². The largest absolute Gasteiger partial charge is 0.497 e. The fraction of sp³-hybridized carbons (Fsp3) is 0.143. The van der Waals surface area contributed by atoms with Crippen molar-refractivity contribution in [1.29, 1.82) is 0 Å². The van der Waals surface area contributed by atoms with E-state index in [-0.39, 0.29) is 5.82 Å². The topological polar surface area (TPSA) is 21.3 Å². The molecule has 0 amide bonds. The van der Waals surface area contributed by atoms with Crippen LogP contribution in [0.5, 0.6) is 5.75 Å². The molecule has 0 atom stereocenters. The molecule has 0 bridgehead atoms. The van der Waals surface area contributed by atoms with E-state index in [0.29, 0.717) is 6.54 Å². The molecule has 0 aliphatic heterocycles. The molecule has 0 saturated carbocycles. The highest BCUT2D eigenvalue weighted by Crippen LogP contribution is 2.17. The molecule has 0 aromatic heterocycles. The number of benzene rings is 2. The highest BCUT2D eigenvalue weighted by molar-refractivity contribution is 5.48. The van der Waals surface area contributed by atoms with Gasteiger partial charge < -0.3 is 10.1 Å². The summed E-state index contributed by atoms with van der Waals surface area (Å²) in [5.74, 6) is 0.587. The monoisotopic (exact) mass is 231 g/mol. The van der Waals surface area contributed by atoms with Crippen LogP contribution in [0.1, 0.15) is 5.56 Å². The van der Waals surface area contributed by atoms with Crippen molar-refractivity contribution >= 4 is 5.69 Å². The van der Waals surface area contributed by atoms with Crippen LogP contribution in [0.4, 0.5) is 10.1 Å². The molecule has 0 spiro atoms. The molecule has 88 valence electrons. The second kappa shape index (κ2) is 5.34. The first-order valence-corrected chi connectivity index (χ1v) is 5.40. The van der Waals surface area contributed by atoms with Crippen molar-refractivity contribution in [3.63, 3.8) is 0 Å². The Morgan fingerprint density at radius 1 is 1.12 bits per heavy atom. The minimum Gasteiger partial charge on any atom is -0.497 e. The van der Waals surface area contributed by atoms with E-state index in [1.54, 1.807) is 13.2 Å². The third kappa shape index (κ3) is 3.21. The molecule has 17 heavy (non-hydrogen) atoms. The summed E-state index contributed by atoms with van der Waals surface area (Å²) in [6.45, 7) is 0.588. The van der Waals surface area contributed by atoms with E-state index < -0.39 is 0 Å². The quantitative estimate of drug-likeness (QED) is 0.870. The Morgan fingerprint density at radius 2 is 1.94 bits per heavy atom. The maximum absolute atomic E-state index is 13.0. The fourth-order valence-electron chi connectivity index (χ4n) is 1.58. The smallest absolute Gasteiger partial charge is 0.123 e. The van der Waals surface area contributed by atoms with Crippen LogP contribution < -0.4 is 10.1 Å². The number of halogens is 1. The highest BCUT2D eigenvalue weighted by Gasteiger charge is 1.97. The van der Waals surface area contributed by atoms with Crippen LogP contribution in [-0.4, -0.2) is 7.11 Å². The Balaban J connectivity index is 2.02. The van der Waals surface area contributed by atoms with Crippen LogP contribution in [0.25, 0.3) is 0 Å². The molecule has 0 heterocycles. The Kier molecular flexibility index (Phi) is 3.60. The predicted molar refractivity (Wildman–Crippen MR) is 66.7 cm³/mol. The van der Waals surface area contributed by atoms with Gasteiger partial charge in [-0.2, -0.15) is 0 Å². The molecule has 2 rings (SSSR count). The van der Waals surface area contributed by atoms with Crippen LogP contribution in [0.3, 0.4) is 0 Å². The number of hydrogen-bond donors (Lipinski definition) is 1. The number of ether oxygens (including phenoxy) is 1. The Morgan fingerprint density at radius 3 is 2.71 bits per heavy atom. The third-order valence-corrected chi connectivity index (χ3v) is 2.46. The van der Waals surface area contributed by atoms with Crippen LogP contribution >= 0.6 is 0 Å². The van der Waals surface area contributed by atoms with Gasteiger partial charge in [0.2, 0.25) is 0 Å². The van der Waals surface area contributed by atoms with Crippen molar-refractivity contribution in [2.45, 2.75) is 6.54 Å². The summed E-state index contributed by atoms with van der Waals surface area (Å²) in [5.41, 5.74) is 1.86. The van der Waals surface area contributed by atoms with Gasteiger partial charge in [-0.05, 0) is 29.8 Å². The van der Waals surface area contributed by atoms with Gasteiger partial charge >= 0.3 is 0 Å². The highest BCUT2D eigenvalue weighted by atomic mass is 19.1. The van der Waals surface area contributed by atoms with Crippen molar-refractivity contribution in [3.05, 3.63) is 59.9 Å². The zero-order valence-electron chi connectivity index (χ0n) is 9.61. The zero-order valence-corrected chi connectivity index (χ0v) is 9.61. The van der Waals surface area contributed by atoms with Crippen LogP contribution in [0.2, 0.25) is 0 Å². The van der Waals surface area contributed by atoms with E-state index in [1.807, 2.05) is 30.3 Å². The van der Waals surface area contributed by atoms with Crippen molar-refractivity contribution in [2.75, 3.05) is 12.4 Å². The van der Waals surface area contributed by atoms with Gasteiger partial charge in [-0.3, -0.25) is 0 Å². The number of hydrogen-bond acceptors (Lipinski definition) is 2. The molecule has 0 unspecified atom stereocenters. The molecule has 0 aliphatic carbocycles. The lowest BCUT2D eigenvalue weighted by molar-refractivity contribution is 0.415.